The van der Waals surface area contributed by atoms with Crippen LogP contribution in [0.15, 0.2) is 79.0 Å². The molecule has 5 heteroatoms. The molecule has 2 N–H and O–H groups in total. The molecule has 0 fully saturated rings. The minimum Gasteiger partial charge on any atom is -0.454 e. The van der Waals surface area contributed by atoms with Gasteiger partial charge in [0.25, 0.3) is 0 Å². The highest BCUT2D eigenvalue weighted by molar-refractivity contribution is 5.86. The van der Waals surface area contributed by atoms with E-state index in [0.29, 0.717) is 6.42 Å². The molecule has 156 valence electrons. The summed E-state index contributed by atoms with van der Waals surface area (Å²) in [5.74, 6) is 1.26. The number of fused-ring (bicyclic) bond motifs is 2. The average Bonchev–Trinajstić information content (AvgIpc) is 3.45. The summed E-state index contributed by atoms with van der Waals surface area (Å²) in [4.78, 5) is 16.5. The van der Waals surface area contributed by atoms with Gasteiger partial charge in [-0.2, -0.15) is 0 Å². The molecular weight excluding hydrogens is 388 g/mol. The Bertz CT molecular complexity index is 1220. The molecule has 0 saturated heterocycles. The van der Waals surface area contributed by atoms with Crippen molar-refractivity contribution in [1.82, 2.24) is 10.3 Å². The molecule has 1 aliphatic rings. The van der Waals surface area contributed by atoms with Gasteiger partial charge in [-0.3, -0.25) is 4.79 Å². The van der Waals surface area contributed by atoms with E-state index in [9.17, 15) is 4.79 Å². The van der Waals surface area contributed by atoms with Crippen LogP contribution in [0.5, 0.6) is 11.5 Å². The van der Waals surface area contributed by atoms with Crippen LogP contribution in [-0.2, 0) is 4.79 Å². The zero-order valence-electron chi connectivity index (χ0n) is 17.3. The van der Waals surface area contributed by atoms with E-state index < -0.39 is 0 Å². The second kappa shape index (κ2) is 8.19. The predicted molar refractivity (Wildman–Crippen MR) is 120 cm³/mol. The maximum Gasteiger partial charge on any atom is 0.231 e. The van der Waals surface area contributed by atoms with E-state index in [1.807, 2.05) is 79.9 Å². The fraction of sp³-hybridized carbons (Fsp3) is 0.192. The van der Waals surface area contributed by atoms with E-state index >= 15 is 0 Å². The lowest BCUT2D eigenvalue weighted by molar-refractivity contribution is -0.121. The van der Waals surface area contributed by atoms with E-state index in [1.165, 1.54) is 0 Å². The van der Waals surface area contributed by atoms with Crippen LogP contribution in [0.2, 0.25) is 0 Å². The Morgan fingerprint density at radius 3 is 2.65 bits per heavy atom. The number of nitrogens with one attached hydrogen (secondary N) is 2. The molecule has 5 rings (SSSR count). The zero-order valence-corrected chi connectivity index (χ0v) is 17.3. The Morgan fingerprint density at radius 1 is 0.968 bits per heavy atom. The van der Waals surface area contributed by atoms with Gasteiger partial charge >= 0.3 is 0 Å². The Morgan fingerprint density at radius 2 is 1.77 bits per heavy atom. The van der Waals surface area contributed by atoms with E-state index in [2.05, 4.69) is 16.4 Å². The summed E-state index contributed by atoms with van der Waals surface area (Å²) in [6.45, 7) is 2.20. The van der Waals surface area contributed by atoms with Crippen molar-refractivity contribution in [3.05, 3.63) is 95.7 Å². The van der Waals surface area contributed by atoms with Gasteiger partial charge < -0.3 is 19.8 Å². The second-order valence-electron chi connectivity index (χ2n) is 7.83. The molecule has 2 unspecified atom stereocenters. The molecule has 31 heavy (non-hydrogen) atoms. The van der Waals surface area contributed by atoms with Gasteiger partial charge in [-0.1, -0.05) is 60.7 Å². The van der Waals surface area contributed by atoms with Crippen LogP contribution >= 0.6 is 0 Å². The van der Waals surface area contributed by atoms with Gasteiger partial charge in [0.05, 0.1) is 6.04 Å². The Kier molecular flexibility index (Phi) is 5.08. The summed E-state index contributed by atoms with van der Waals surface area (Å²) in [6.07, 6.45) is 2.30. The lowest BCUT2D eigenvalue weighted by atomic mass is 9.87. The van der Waals surface area contributed by atoms with Crippen LogP contribution in [0.25, 0.3) is 10.9 Å². The highest BCUT2D eigenvalue weighted by atomic mass is 16.7. The van der Waals surface area contributed by atoms with Crippen molar-refractivity contribution in [2.75, 3.05) is 6.79 Å². The van der Waals surface area contributed by atoms with Crippen molar-refractivity contribution >= 4 is 16.8 Å². The number of hydrogen-bond acceptors (Lipinski definition) is 3. The molecule has 0 aliphatic carbocycles. The summed E-state index contributed by atoms with van der Waals surface area (Å²) in [5, 5.41) is 4.26. The summed E-state index contributed by atoms with van der Waals surface area (Å²) in [5.41, 5.74) is 4.16. The van der Waals surface area contributed by atoms with Crippen molar-refractivity contribution in [3.8, 4) is 11.5 Å². The van der Waals surface area contributed by atoms with Gasteiger partial charge in [0.2, 0.25) is 12.7 Å². The van der Waals surface area contributed by atoms with Crippen molar-refractivity contribution in [2.24, 2.45) is 0 Å². The third kappa shape index (κ3) is 3.75. The number of benzene rings is 3. The second-order valence-corrected chi connectivity index (χ2v) is 7.83. The maximum absolute atomic E-state index is 13.1. The predicted octanol–water partition coefficient (Wildman–Crippen LogP) is 5.30. The molecule has 3 aromatic carbocycles. The van der Waals surface area contributed by atoms with Crippen molar-refractivity contribution in [1.29, 1.82) is 0 Å². The molecule has 2 atom stereocenters. The van der Waals surface area contributed by atoms with Crippen molar-refractivity contribution in [2.45, 2.75) is 25.3 Å². The molecule has 0 saturated carbocycles. The van der Waals surface area contributed by atoms with Crippen LogP contribution in [0.3, 0.4) is 0 Å². The summed E-state index contributed by atoms with van der Waals surface area (Å²) in [6, 6.07) is 23.9. The SMILES string of the molecule is CC(NC(=O)CC(c1cccc2c1OCO2)c1c[nH]c2ccccc12)c1ccccc1. The fourth-order valence-corrected chi connectivity index (χ4v) is 4.31. The maximum atomic E-state index is 13.1. The molecule has 1 amide bonds. The highest BCUT2D eigenvalue weighted by Gasteiger charge is 2.28. The quantitative estimate of drug-likeness (QED) is 0.452. The number of aromatic amines is 1. The summed E-state index contributed by atoms with van der Waals surface area (Å²) < 4.78 is 11.4. The molecule has 0 spiro atoms. The molecule has 5 nitrogen and oxygen atoms in total. The van der Waals surface area contributed by atoms with Crippen LogP contribution in [0.4, 0.5) is 0 Å². The van der Waals surface area contributed by atoms with Gasteiger partial charge in [-0.05, 0) is 30.2 Å². The molecule has 0 bridgehead atoms. The third-order valence-electron chi connectivity index (χ3n) is 5.87. The number of carbonyl (C=O) groups is 1. The van der Waals surface area contributed by atoms with E-state index in [-0.39, 0.29) is 24.7 Å². The number of aromatic nitrogens is 1. The standard InChI is InChI=1S/C26H24N2O3/c1-17(18-8-3-2-4-9-18)28-25(29)14-21(20-11-7-13-24-26(20)31-16-30-24)22-15-27-23-12-6-5-10-19(22)23/h2-13,15,17,21,27H,14,16H2,1H3,(H,28,29). The first-order chi connectivity index (χ1) is 15.2. The number of rotatable bonds is 6. The number of ether oxygens (including phenoxy) is 2. The molecule has 0 radical (unpaired) electrons. The lowest BCUT2D eigenvalue weighted by Gasteiger charge is -2.21. The highest BCUT2D eigenvalue weighted by Crippen LogP contribution is 2.44. The molecule has 4 aromatic rings. The summed E-state index contributed by atoms with van der Waals surface area (Å²) in [7, 11) is 0. The fourth-order valence-electron chi connectivity index (χ4n) is 4.31. The van der Waals surface area contributed by atoms with Gasteiger partial charge in [-0.25, -0.2) is 0 Å². The van der Waals surface area contributed by atoms with Crippen LogP contribution in [-0.4, -0.2) is 17.7 Å². The van der Waals surface area contributed by atoms with Crippen molar-refractivity contribution in [3.63, 3.8) is 0 Å². The average molecular weight is 412 g/mol. The largest absolute Gasteiger partial charge is 0.454 e. The van der Waals surface area contributed by atoms with Gasteiger partial charge in [0.1, 0.15) is 0 Å². The van der Waals surface area contributed by atoms with Crippen LogP contribution in [0, 0.1) is 0 Å². The number of H-pyrrole nitrogens is 1. The zero-order chi connectivity index (χ0) is 21.2. The number of carbonyl (C=O) groups excluding carboxylic acids is 1. The number of para-hydroxylation sites is 2. The topological polar surface area (TPSA) is 63.4 Å². The Balaban J connectivity index is 1.49. The van der Waals surface area contributed by atoms with E-state index in [1.54, 1.807) is 0 Å². The third-order valence-corrected chi connectivity index (χ3v) is 5.87. The van der Waals surface area contributed by atoms with Crippen LogP contribution in [0.1, 0.15) is 42.0 Å². The number of hydrogen-bond donors (Lipinski definition) is 2. The summed E-state index contributed by atoms with van der Waals surface area (Å²) >= 11 is 0. The molecule has 1 aliphatic heterocycles. The van der Waals surface area contributed by atoms with Gasteiger partial charge in [0.15, 0.2) is 11.5 Å². The monoisotopic (exact) mass is 412 g/mol. The van der Waals surface area contributed by atoms with Crippen molar-refractivity contribution < 1.29 is 14.3 Å². The lowest BCUT2D eigenvalue weighted by Crippen LogP contribution is -2.28. The minimum atomic E-state index is -0.171. The molecule has 2 heterocycles. The first kappa shape index (κ1) is 19.2. The van der Waals surface area contributed by atoms with E-state index in [0.717, 1.165) is 39.1 Å². The Labute approximate surface area is 181 Å². The van der Waals surface area contributed by atoms with Crippen LogP contribution < -0.4 is 14.8 Å². The van der Waals surface area contributed by atoms with E-state index in [4.69, 9.17) is 9.47 Å². The minimum absolute atomic E-state index is 0.0110. The van der Waals surface area contributed by atoms with Gasteiger partial charge in [-0.15, -0.1) is 0 Å². The first-order valence-electron chi connectivity index (χ1n) is 10.5. The first-order valence-corrected chi connectivity index (χ1v) is 10.5. The smallest absolute Gasteiger partial charge is 0.231 e. The Hall–Kier alpha value is -3.73. The molecule has 1 aromatic heterocycles. The van der Waals surface area contributed by atoms with Gasteiger partial charge in [0, 0.05) is 35.0 Å². The number of amides is 1. The normalized spacial score (nSPS) is 14.4. The molecular formula is C26H24N2O3.